The molecule has 0 unspecified atom stereocenters. The minimum Gasteiger partial charge on any atom is -0.497 e. The molecule has 1 N–H and O–H groups in total. The number of amides is 1. The maximum absolute atomic E-state index is 12.1. The van der Waals surface area contributed by atoms with E-state index in [2.05, 4.69) is 5.32 Å². The number of anilines is 2. The van der Waals surface area contributed by atoms with Crippen molar-refractivity contribution < 1.29 is 14.3 Å². The average molecular weight is 326 g/mol. The maximum Gasteiger partial charge on any atom is 0.248 e. The van der Waals surface area contributed by atoms with E-state index in [1.165, 1.54) is 6.08 Å². The Labute approximate surface area is 142 Å². The zero-order chi connectivity index (χ0) is 17.5. The van der Waals surface area contributed by atoms with Crippen LogP contribution in [-0.2, 0) is 4.79 Å². The van der Waals surface area contributed by atoms with E-state index in [0.29, 0.717) is 11.5 Å². The molecule has 0 fully saturated rings. The Hall–Kier alpha value is -2.95. The first-order valence-corrected chi connectivity index (χ1v) is 7.52. The number of carbonyl (C=O) groups is 1. The topological polar surface area (TPSA) is 50.8 Å². The Bertz CT molecular complexity index is 722. The molecule has 0 spiro atoms. The van der Waals surface area contributed by atoms with Crippen molar-refractivity contribution in [1.29, 1.82) is 0 Å². The van der Waals surface area contributed by atoms with Crippen molar-refractivity contribution in [2.45, 2.75) is 0 Å². The molecule has 0 atom stereocenters. The molecule has 0 heterocycles. The highest BCUT2D eigenvalue weighted by atomic mass is 16.5. The van der Waals surface area contributed by atoms with Gasteiger partial charge in [0, 0.05) is 37.1 Å². The summed E-state index contributed by atoms with van der Waals surface area (Å²) in [5.74, 6) is 1.17. The minimum atomic E-state index is -0.211. The summed E-state index contributed by atoms with van der Waals surface area (Å²) in [6.07, 6.45) is 3.17. The van der Waals surface area contributed by atoms with E-state index in [4.69, 9.17) is 9.47 Å². The summed E-state index contributed by atoms with van der Waals surface area (Å²) in [6.45, 7) is 0. The summed E-state index contributed by atoms with van der Waals surface area (Å²) >= 11 is 0. The van der Waals surface area contributed by atoms with Crippen molar-refractivity contribution >= 4 is 23.4 Å². The maximum atomic E-state index is 12.1. The van der Waals surface area contributed by atoms with Crippen LogP contribution >= 0.6 is 0 Å². The lowest BCUT2D eigenvalue weighted by molar-refractivity contribution is -0.111. The highest BCUT2D eigenvalue weighted by Crippen LogP contribution is 2.25. The van der Waals surface area contributed by atoms with Crippen LogP contribution in [0, 0.1) is 0 Å². The zero-order valence-corrected chi connectivity index (χ0v) is 14.4. The van der Waals surface area contributed by atoms with Gasteiger partial charge in [-0.1, -0.05) is 0 Å². The number of benzene rings is 2. The van der Waals surface area contributed by atoms with E-state index >= 15 is 0 Å². The number of carbonyl (C=O) groups excluding carboxylic acids is 1. The van der Waals surface area contributed by atoms with Gasteiger partial charge < -0.3 is 19.7 Å². The molecule has 1 amide bonds. The van der Waals surface area contributed by atoms with E-state index in [1.54, 1.807) is 26.4 Å². The second-order valence-corrected chi connectivity index (χ2v) is 5.37. The van der Waals surface area contributed by atoms with E-state index in [0.717, 1.165) is 16.9 Å². The first-order chi connectivity index (χ1) is 11.5. The Kier molecular flexibility index (Phi) is 5.84. The Balaban J connectivity index is 2.07. The third-order valence-electron chi connectivity index (χ3n) is 3.50. The highest BCUT2D eigenvalue weighted by molar-refractivity contribution is 6.02. The van der Waals surface area contributed by atoms with E-state index < -0.39 is 0 Å². The monoisotopic (exact) mass is 326 g/mol. The van der Waals surface area contributed by atoms with Crippen molar-refractivity contribution in [3.63, 3.8) is 0 Å². The molecule has 2 aromatic rings. The minimum absolute atomic E-state index is 0.211. The van der Waals surface area contributed by atoms with Gasteiger partial charge >= 0.3 is 0 Å². The van der Waals surface area contributed by atoms with E-state index in [-0.39, 0.29) is 5.91 Å². The molecule has 0 radical (unpaired) electrons. The van der Waals surface area contributed by atoms with Crippen molar-refractivity contribution in [3.05, 3.63) is 54.1 Å². The van der Waals surface area contributed by atoms with Gasteiger partial charge in [-0.15, -0.1) is 0 Å². The van der Waals surface area contributed by atoms with Gasteiger partial charge in [-0.3, -0.25) is 4.79 Å². The summed E-state index contributed by atoms with van der Waals surface area (Å²) in [7, 11) is 7.13. The van der Waals surface area contributed by atoms with Gasteiger partial charge in [0.2, 0.25) is 5.91 Å². The smallest absolute Gasteiger partial charge is 0.248 e. The van der Waals surface area contributed by atoms with E-state index in [1.807, 2.05) is 55.4 Å². The molecule has 0 bridgehead atoms. The van der Waals surface area contributed by atoms with Crippen LogP contribution in [0.25, 0.3) is 6.08 Å². The normalized spacial score (nSPS) is 10.5. The second kappa shape index (κ2) is 8.06. The Morgan fingerprint density at radius 3 is 2.33 bits per heavy atom. The molecule has 0 aliphatic rings. The van der Waals surface area contributed by atoms with Gasteiger partial charge in [0.1, 0.15) is 11.5 Å². The first kappa shape index (κ1) is 17.4. The predicted molar refractivity (Wildman–Crippen MR) is 98.0 cm³/mol. The summed E-state index contributed by atoms with van der Waals surface area (Å²) in [4.78, 5) is 14.1. The number of hydrogen-bond acceptors (Lipinski definition) is 4. The molecular formula is C19H22N2O3. The van der Waals surface area contributed by atoms with Crippen LogP contribution in [0.5, 0.6) is 11.5 Å². The molecule has 24 heavy (non-hydrogen) atoms. The van der Waals surface area contributed by atoms with Crippen molar-refractivity contribution in [2.75, 3.05) is 38.5 Å². The SMILES string of the molecule is COc1ccc(OC)c(/C=C/C(=O)Nc2ccc(N(C)C)cc2)c1. The van der Waals surface area contributed by atoms with Gasteiger partial charge in [0.05, 0.1) is 14.2 Å². The number of nitrogens with zero attached hydrogens (tertiary/aromatic N) is 1. The fraction of sp³-hybridized carbons (Fsp3) is 0.211. The molecule has 2 rings (SSSR count). The quantitative estimate of drug-likeness (QED) is 0.827. The molecule has 5 nitrogen and oxygen atoms in total. The standard InChI is InChI=1S/C19H22N2O3/c1-21(2)16-8-6-15(7-9-16)20-19(22)12-5-14-13-17(23-3)10-11-18(14)24-4/h5-13H,1-4H3,(H,20,22)/b12-5+. The number of hydrogen-bond donors (Lipinski definition) is 1. The molecule has 2 aromatic carbocycles. The van der Waals surface area contributed by atoms with Crippen molar-refractivity contribution in [3.8, 4) is 11.5 Å². The van der Waals surface area contributed by atoms with Crippen LogP contribution in [-0.4, -0.2) is 34.2 Å². The van der Waals surface area contributed by atoms with Crippen molar-refractivity contribution in [1.82, 2.24) is 0 Å². The lowest BCUT2D eigenvalue weighted by atomic mass is 10.1. The molecule has 0 saturated carbocycles. The third-order valence-corrected chi connectivity index (χ3v) is 3.50. The molecule has 0 aliphatic carbocycles. The van der Waals surface area contributed by atoms with Gasteiger partial charge in [-0.2, -0.15) is 0 Å². The summed E-state index contributed by atoms with van der Waals surface area (Å²) < 4.78 is 10.5. The molecular weight excluding hydrogens is 304 g/mol. The number of rotatable bonds is 6. The lowest BCUT2D eigenvalue weighted by Gasteiger charge is -2.12. The molecule has 0 saturated heterocycles. The predicted octanol–water partition coefficient (Wildman–Crippen LogP) is 3.42. The van der Waals surface area contributed by atoms with Gasteiger partial charge in [0.25, 0.3) is 0 Å². The van der Waals surface area contributed by atoms with Crippen LogP contribution in [0.3, 0.4) is 0 Å². The average Bonchev–Trinajstić information content (AvgIpc) is 2.60. The van der Waals surface area contributed by atoms with Crippen LogP contribution in [0.2, 0.25) is 0 Å². The fourth-order valence-electron chi connectivity index (χ4n) is 2.16. The Morgan fingerprint density at radius 2 is 1.75 bits per heavy atom. The van der Waals surface area contributed by atoms with Gasteiger partial charge in [-0.05, 0) is 48.5 Å². The summed E-state index contributed by atoms with van der Waals surface area (Å²) in [6, 6.07) is 13.1. The van der Waals surface area contributed by atoms with Crippen LogP contribution in [0.4, 0.5) is 11.4 Å². The van der Waals surface area contributed by atoms with Gasteiger partial charge in [0.15, 0.2) is 0 Å². The van der Waals surface area contributed by atoms with Crippen molar-refractivity contribution in [2.24, 2.45) is 0 Å². The lowest BCUT2D eigenvalue weighted by Crippen LogP contribution is -2.10. The van der Waals surface area contributed by atoms with Crippen LogP contribution < -0.4 is 19.7 Å². The number of ether oxygens (including phenoxy) is 2. The molecule has 0 aromatic heterocycles. The first-order valence-electron chi connectivity index (χ1n) is 7.52. The molecule has 126 valence electrons. The van der Waals surface area contributed by atoms with Crippen LogP contribution in [0.1, 0.15) is 5.56 Å². The number of nitrogens with one attached hydrogen (secondary N) is 1. The number of methoxy groups -OCH3 is 2. The van der Waals surface area contributed by atoms with E-state index in [9.17, 15) is 4.79 Å². The molecule has 0 aliphatic heterocycles. The van der Waals surface area contributed by atoms with Crippen LogP contribution in [0.15, 0.2) is 48.5 Å². The largest absolute Gasteiger partial charge is 0.497 e. The molecule has 5 heteroatoms. The van der Waals surface area contributed by atoms with Gasteiger partial charge in [-0.25, -0.2) is 0 Å². The fourth-order valence-corrected chi connectivity index (χ4v) is 2.16. The zero-order valence-electron chi connectivity index (χ0n) is 14.4. The summed E-state index contributed by atoms with van der Waals surface area (Å²) in [5.41, 5.74) is 2.59. The highest BCUT2D eigenvalue weighted by Gasteiger charge is 2.04. The second-order valence-electron chi connectivity index (χ2n) is 5.37. The third kappa shape index (κ3) is 4.52. The Morgan fingerprint density at radius 1 is 1.04 bits per heavy atom. The summed E-state index contributed by atoms with van der Waals surface area (Å²) in [5, 5.41) is 2.83.